The molecule has 0 saturated heterocycles. The maximum Gasteiger partial charge on any atom is 0.307 e. The van der Waals surface area contributed by atoms with Gasteiger partial charge in [-0.05, 0) is 5.56 Å². The van der Waals surface area contributed by atoms with Gasteiger partial charge in [0, 0.05) is 16.7 Å². The molecule has 3 aromatic rings. The van der Waals surface area contributed by atoms with Gasteiger partial charge in [0.05, 0.1) is 17.8 Å². The van der Waals surface area contributed by atoms with Crippen molar-refractivity contribution < 1.29 is 9.90 Å². The number of carboxylic acids is 1. The van der Waals surface area contributed by atoms with Crippen LogP contribution in [-0.4, -0.2) is 21.3 Å². The van der Waals surface area contributed by atoms with Gasteiger partial charge >= 0.3 is 5.97 Å². The van der Waals surface area contributed by atoms with E-state index in [2.05, 4.69) is 10.2 Å². The van der Waals surface area contributed by atoms with Crippen LogP contribution >= 0.6 is 0 Å². The van der Waals surface area contributed by atoms with E-state index in [0.717, 1.165) is 16.3 Å². The number of aliphatic carboxylic acids is 1. The Morgan fingerprint density at radius 3 is 2.45 bits per heavy atom. The summed E-state index contributed by atoms with van der Waals surface area (Å²) in [7, 11) is 0. The fourth-order valence-corrected chi connectivity index (χ4v) is 2.77. The van der Waals surface area contributed by atoms with E-state index in [-0.39, 0.29) is 5.92 Å². The molecule has 2 atom stereocenters. The molecule has 0 aliphatic carbocycles. The van der Waals surface area contributed by atoms with E-state index >= 15 is 0 Å². The van der Waals surface area contributed by atoms with Crippen molar-refractivity contribution in [2.45, 2.75) is 12.8 Å². The summed E-state index contributed by atoms with van der Waals surface area (Å²) in [5.41, 5.74) is 1.64. The third kappa shape index (κ3) is 2.55. The molecule has 0 fully saturated rings. The summed E-state index contributed by atoms with van der Waals surface area (Å²) in [6.45, 7) is 1.71. The second-order valence-electron chi connectivity index (χ2n) is 5.33. The molecule has 110 valence electrons. The highest BCUT2D eigenvalue weighted by atomic mass is 16.4. The van der Waals surface area contributed by atoms with Gasteiger partial charge in [0.2, 0.25) is 0 Å². The van der Waals surface area contributed by atoms with E-state index in [0.29, 0.717) is 5.69 Å². The van der Waals surface area contributed by atoms with E-state index in [1.165, 1.54) is 0 Å². The molecule has 1 N–H and O–H groups in total. The van der Waals surface area contributed by atoms with Crippen LogP contribution in [0.15, 0.2) is 60.8 Å². The van der Waals surface area contributed by atoms with Gasteiger partial charge < -0.3 is 5.11 Å². The van der Waals surface area contributed by atoms with Crippen molar-refractivity contribution in [3.63, 3.8) is 0 Å². The fourth-order valence-electron chi connectivity index (χ4n) is 2.77. The predicted octanol–water partition coefficient (Wildman–Crippen LogP) is 3.48. The zero-order valence-electron chi connectivity index (χ0n) is 12.2. The van der Waals surface area contributed by atoms with Gasteiger partial charge in [-0.3, -0.25) is 4.79 Å². The van der Waals surface area contributed by atoms with Crippen molar-refractivity contribution in [2.24, 2.45) is 5.92 Å². The molecule has 0 bridgehead atoms. The van der Waals surface area contributed by atoms with Crippen molar-refractivity contribution in [1.29, 1.82) is 0 Å². The minimum absolute atomic E-state index is 0.336. The molecular formula is C18H16N2O2. The van der Waals surface area contributed by atoms with Crippen LogP contribution in [-0.2, 0) is 4.79 Å². The maximum absolute atomic E-state index is 11.6. The second kappa shape index (κ2) is 5.93. The van der Waals surface area contributed by atoms with Crippen molar-refractivity contribution >= 4 is 16.7 Å². The number of hydrogen-bond acceptors (Lipinski definition) is 3. The molecule has 2 aromatic carbocycles. The Bertz CT molecular complexity index is 797. The number of aromatic nitrogens is 2. The molecule has 1 aromatic heterocycles. The predicted molar refractivity (Wildman–Crippen MR) is 84.6 cm³/mol. The minimum Gasteiger partial charge on any atom is -0.481 e. The van der Waals surface area contributed by atoms with Crippen LogP contribution in [0.25, 0.3) is 10.8 Å². The Balaban J connectivity index is 2.23. The lowest BCUT2D eigenvalue weighted by atomic mass is 9.83. The summed E-state index contributed by atoms with van der Waals surface area (Å²) in [5.74, 6) is -1.77. The summed E-state index contributed by atoms with van der Waals surface area (Å²) in [6.07, 6.45) is 1.70. The van der Waals surface area contributed by atoms with Crippen molar-refractivity contribution in [3.8, 4) is 0 Å². The summed E-state index contributed by atoms with van der Waals surface area (Å²) in [4.78, 5) is 11.6. The third-order valence-electron chi connectivity index (χ3n) is 3.94. The first-order chi connectivity index (χ1) is 10.7. The van der Waals surface area contributed by atoms with Crippen LogP contribution in [0.3, 0.4) is 0 Å². The van der Waals surface area contributed by atoms with Gasteiger partial charge in [0.25, 0.3) is 0 Å². The molecule has 4 heteroatoms. The smallest absolute Gasteiger partial charge is 0.307 e. The number of carbonyl (C=O) groups is 1. The molecule has 0 saturated carbocycles. The molecule has 3 rings (SSSR count). The first-order valence-corrected chi connectivity index (χ1v) is 7.16. The highest BCUT2D eigenvalue weighted by Crippen LogP contribution is 2.34. The van der Waals surface area contributed by atoms with Crippen LogP contribution < -0.4 is 0 Å². The van der Waals surface area contributed by atoms with Crippen molar-refractivity contribution in [2.75, 3.05) is 0 Å². The summed E-state index contributed by atoms with van der Waals surface area (Å²) in [5, 5.41) is 19.7. The Hall–Kier alpha value is -2.75. The van der Waals surface area contributed by atoms with Gasteiger partial charge in [-0.2, -0.15) is 10.2 Å². The van der Waals surface area contributed by atoms with Crippen LogP contribution in [0, 0.1) is 5.92 Å². The quantitative estimate of drug-likeness (QED) is 0.799. The Kier molecular flexibility index (Phi) is 3.83. The molecule has 22 heavy (non-hydrogen) atoms. The van der Waals surface area contributed by atoms with Gasteiger partial charge in [0.15, 0.2) is 0 Å². The van der Waals surface area contributed by atoms with Gasteiger partial charge in [0.1, 0.15) is 0 Å². The minimum atomic E-state index is -0.844. The molecule has 2 unspecified atom stereocenters. The second-order valence-corrected chi connectivity index (χ2v) is 5.33. The van der Waals surface area contributed by atoms with Gasteiger partial charge in [-0.25, -0.2) is 0 Å². The lowest BCUT2D eigenvalue weighted by Crippen LogP contribution is -2.21. The first kappa shape index (κ1) is 14.2. The average molecular weight is 292 g/mol. The lowest BCUT2D eigenvalue weighted by molar-refractivity contribution is -0.141. The van der Waals surface area contributed by atoms with E-state index < -0.39 is 11.9 Å². The monoisotopic (exact) mass is 292 g/mol. The summed E-state index contributed by atoms with van der Waals surface area (Å²) >= 11 is 0. The molecule has 0 spiro atoms. The zero-order chi connectivity index (χ0) is 15.5. The highest BCUT2D eigenvalue weighted by molar-refractivity contribution is 5.85. The van der Waals surface area contributed by atoms with Crippen LogP contribution in [0.4, 0.5) is 0 Å². The van der Waals surface area contributed by atoms with Crippen LogP contribution in [0.2, 0.25) is 0 Å². The lowest BCUT2D eigenvalue weighted by Gasteiger charge is -2.21. The largest absolute Gasteiger partial charge is 0.481 e. The third-order valence-corrected chi connectivity index (χ3v) is 3.94. The number of rotatable bonds is 4. The van der Waals surface area contributed by atoms with Gasteiger partial charge in [-0.1, -0.05) is 61.5 Å². The van der Waals surface area contributed by atoms with E-state index in [4.69, 9.17) is 0 Å². The SMILES string of the molecule is CC(C(=O)O)C(c1ccccc1)c1nncc2ccccc12. The topological polar surface area (TPSA) is 63.1 Å². The number of hydrogen-bond donors (Lipinski definition) is 1. The van der Waals surface area contributed by atoms with Crippen molar-refractivity contribution in [3.05, 3.63) is 72.1 Å². The molecule has 0 amide bonds. The van der Waals surface area contributed by atoms with E-state index in [9.17, 15) is 9.90 Å². The fraction of sp³-hybridized carbons (Fsp3) is 0.167. The standard InChI is InChI=1S/C18H16N2O2/c1-12(18(21)22)16(13-7-3-2-4-8-13)17-15-10-6-5-9-14(15)11-19-20-17/h2-12,16H,1H3,(H,21,22). The molecule has 4 nitrogen and oxygen atoms in total. The first-order valence-electron chi connectivity index (χ1n) is 7.16. The average Bonchev–Trinajstić information content (AvgIpc) is 2.56. The number of fused-ring (bicyclic) bond motifs is 1. The number of nitrogens with zero attached hydrogens (tertiary/aromatic N) is 2. The maximum atomic E-state index is 11.6. The number of carboxylic acid groups (broad SMARTS) is 1. The van der Waals surface area contributed by atoms with Crippen LogP contribution in [0.5, 0.6) is 0 Å². The molecular weight excluding hydrogens is 276 g/mol. The highest BCUT2D eigenvalue weighted by Gasteiger charge is 2.29. The molecule has 1 heterocycles. The molecule has 0 aliphatic rings. The van der Waals surface area contributed by atoms with Gasteiger partial charge in [-0.15, -0.1) is 0 Å². The molecule has 0 aliphatic heterocycles. The van der Waals surface area contributed by atoms with Crippen LogP contribution in [0.1, 0.15) is 24.1 Å². The summed E-state index contributed by atoms with van der Waals surface area (Å²) in [6, 6.07) is 17.4. The van der Waals surface area contributed by atoms with E-state index in [1.807, 2.05) is 54.6 Å². The normalized spacial score (nSPS) is 13.7. The Morgan fingerprint density at radius 2 is 1.73 bits per heavy atom. The zero-order valence-corrected chi connectivity index (χ0v) is 12.2. The van der Waals surface area contributed by atoms with Crippen molar-refractivity contribution in [1.82, 2.24) is 10.2 Å². The Labute approximate surface area is 128 Å². The summed E-state index contributed by atoms with van der Waals surface area (Å²) < 4.78 is 0. The van der Waals surface area contributed by atoms with E-state index in [1.54, 1.807) is 13.1 Å². The Morgan fingerprint density at radius 1 is 1.05 bits per heavy atom. The molecule has 0 radical (unpaired) electrons. The number of benzene rings is 2.